The summed E-state index contributed by atoms with van der Waals surface area (Å²) in [5.74, 6) is -12.2. The Labute approximate surface area is 485 Å². The molecule has 0 bridgehead atoms. The second-order valence-corrected chi connectivity index (χ2v) is 18.9. The van der Waals surface area contributed by atoms with Crippen LogP contribution >= 0.6 is 0 Å². The molecule has 25 nitrogen and oxygen atoms in total. The van der Waals surface area contributed by atoms with E-state index in [2.05, 4.69) is 25.0 Å². The lowest BCUT2D eigenvalue weighted by molar-refractivity contribution is -0.180. The van der Waals surface area contributed by atoms with Crippen LogP contribution in [0.25, 0.3) is 17.2 Å². The van der Waals surface area contributed by atoms with Crippen molar-refractivity contribution in [2.24, 2.45) is 10.7 Å². The summed E-state index contributed by atoms with van der Waals surface area (Å²) in [5.41, 5.74) is 9.38. The number of fused-ring (bicyclic) bond motifs is 1. The van der Waals surface area contributed by atoms with Gasteiger partial charge in [-0.3, -0.25) is 24.0 Å². The third-order valence-corrected chi connectivity index (χ3v) is 12.6. The number of aliphatic imine (C=N–C) groups is 1. The lowest BCUT2D eigenvalue weighted by Crippen LogP contribution is -2.58. The standard InChI is InChI=1S/C54H73F4N7O18S/c1-3-10-65(82-4-2)53(68)39-32-38-6-5-37(33-41(38)63-43(59)34-39)40-35-61-51(62-36-40)54(69)64-11-7-42(64)52(67)60-9-13-73-15-17-75-19-21-77-23-25-79-27-29-81-31-30-80-28-26-78-24-22-76-20-18-74-16-14-72-12-8-44(66)83-49-45(55)47(57)50(84(70)71)48(58)46(49)56/h5-6,32-33,35-36,42H,3-4,7-31,34H2,1-2H3,(H2,59,63)(H,60,67)(H,70,71). The Bertz CT molecular complexity index is 2610. The Kier molecular flexibility index (Phi) is 31.8. The molecular weight excluding hydrogens is 1140 g/mol. The minimum absolute atomic E-state index is 0.0304. The second-order valence-electron chi connectivity index (χ2n) is 17.9. The first-order valence-electron chi connectivity index (χ1n) is 27.2. The van der Waals surface area contributed by atoms with Gasteiger partial charge in [0.1, 0.15) is 16.8 Å². The van der Waals surface area contributed by atoms with Gasteiger partial charge in [0, 0.05) is 55.1 Å². The smallest absolute Gasteiger partial charge is 0.313 e. The van der Waals surface area contributed by atoms with Crippen molar-refractivity contribution < 1.29 is 102 Å². The molecule has 2 atom stereocenters. The number of carbonyl (C=O) groups is 4. The number of likely N-dealkylation sites (tertiary alicyclic amines) is 1. The van der Waals surface area contributed by atoms with Crippen LogP contribution in [-0.2, 0) is 77.7 Å². The van der Waals surface area contributed by atoms with Crippen molar-refractivity contribution in [2.75, 3.05) is 158 Å². The number of esters is 1. The van der Waals surface area contributed by atoms with E-state index in [1.807, 2.05) is 32.0 Å². The van der Waals surface area contributed by atoms with Gasteiger partial charge in [-0.1, -0.05) is 19.1 Å². The fourth-order valence-electron chi connectivity index (χ4n) is 7.67. The third kappa shape index (κ3) is 23.1. The Morgan fingerprint density at radius 3 is 1.64 bits per heavy atom. The maximum absolute atomic E-state index is 14.0. The molecule has 0 radical (unpaired) electrons. The van der Waals surface area contributed by atoms with Crippen LogP contribution in [0.5, 0.6) is 5.75 Å². The Morgan fingerprint density at radius 2 is 1.19 bits per heavy atom. The molecule has 3 amide bonds. The van der Waals surface area contributed by atoms with Gasteiger partial charge in [0.15, 0.2) is 22.7 Å². The van der Waals surface area contributed by atoms with E-state index in [1.54, 1.807) is 18.5 Å². The molecular formula is C54H73F4N7O18S. The fourth-order valence-corrected chi connectivity index (χ4v) is 8.16. The zero-order chi connectivity index (χ0) is 60.5. The molecule has 466 valence electrons. The molecule has 1 fully saturated rings. The number of hydrogen-bond acceptors (Lipinski definition) is 21. The summed E-state index contributed by atoms with van der Waals surface area (Å²) in [6.45, 7) is 11.1. The van der Waals surface area contributed by atoms with Gasteiger partial charge in [-0.05, 0) is 37.5 Å². The van der Waals surface area contributed by atoms with Gasteiger partial charge < -0.3 is 72.6 Å². The first-order valence-corrected chi connectivity index (χ1v) is 28.3. The van der Waals surface area contributed by atoms with Gasteiger partial charge in [-0.25, -0.2) is 33.0 Å². The summed E-state index contributed by atoms with van der Waals surface area (Å²) in [6.07, 6.45) is 5.75. The molecule has 2 unspecified atom stereocenters. The molecule has 4 N–H and O–H groups in total. The number of nitrogens with one attached hydrogen (secondary N) is 1. The molecule has 30 heteroatoms. The SMILES string of the molecule is CCCN(OCC)C(=O)C1=Cc2ccc(-c3cnc(C(=O)N4CCC4C(=O)NCCOCCOCCOCCOCCOCCOCCOCCOCCOCCOCCC(=O)Oc4c(F)c(F)c(S(=O)O)c(F)c4F)nc3)cc2N=C(N)C1. The molecule has 0 spiro atoms. The van der Waals surface area contributed by atoms with Crippen LogP contribution in [0.4, 0.5) is 23.2 Å². The van der Waals surface area contributed by atoms with Crippen LogP contribution in [-0.4, -0.2) is 223 Å². The quantitative estimate of drug-likeness (QED) is 0.0138. The van der Waals surface area contributed by atoms with Crippen LogP contribution < -0.4 is 15.8 Å². The molecule has 84 heavy (non-hydrogen) atoms. The van der Waals surface area contributed by atoms with Crippen molar-refractivity contribution in [1.29, 1.82) is 0 Å². The van der Waals surface area contributed by atoms with Gasteiger partial charge in [-0.15, -0.1) is 0 Å². The number of nitrogens with two attached hydrogens (primary N) is 1. The summed E-state index contributed by atoms with van der Waals surface area (Å²) >= 11 is -3.36. The number of hydroxylamine groups is 2. The third-order valence-electron chi connectivity index (χ3n) is 11.9. The van der Waals surface area contributed by atoms with Gasteiger partial charge in [-0.2, -0.15) is 8.78 Å². The number of nitrogens with zero attached hydrogens (tertiary/aromatic N) is 5. The zero-order valence-corrected chi connectivity index (χ0v) is 47.8. The van der Waals surface area contributed by atoms with Crippen LogP contribution in [0.1, 0.15) is 55.7 Å². The lowest BCUT2D eigenvalue weighted by Gasteiger charge is -2.39. The number of ether oxygens (including phenoxy) is 11. The minimum atomic E-state index is -3.36. The number of carbonyl (C=O) groups excluding carboxylic acids is 4. The number of amides is 3. The van der Waals surface area contributed by atoms with Gasteiger partial charge in [0.05, 0.1) is 151 Å². The van der Waals surface area contributed by atoms with E-state index in [0.717, 1.165) is 17.5 Å². The summed E-state index contributed by atoms with van der Waals surface area (Å²) in [4.78, 5) is 69.7. The average molecular weight is 1220 g/mol. The highest BCUT2D eigenvalue weighted by molar-refractivity contribution is 7.79. The largest absolute Gasteiger partial charge is 0.420 e. The van der Waals surface area contributed by atoms with Crippen molar-refractivity contribution in [1.82, 2.24) is 25.2 Å². The van der Waals surface area contributed by atoms with Crippen LogP contribution in [0.15, 0.2) is 46.1 Å². The molecule has 2 aromatic carbocycles. The summed E-state index contributed by atoms with van der Waals surface area (Å²) < 4.78 is 134. The number of amidine groups is 1. The summed E-state index contributed by atoms with van der Waals surface area (Å²) in [6, 6.07) is 4.87. The molecule has 5 rings (SSSR count). The van der Waals surface area contributed by atoms with E-state index in [9.17, 15) is 40.9 Å². The Hall–Kier alpha value is -6.00. The number of rotatable bonds is 43. The van der Waals surface area contributed by atoms with Crippen molar-refractivity contribution in [3.63, 3.8) is 0 Å². The maximum atomic E-state index is 14.0. The second kappa shape index (κ2) is 38.8. The van der Waals surface area contributed by atoms with E-state index in [4.69, 9.17) is 62.5 Å². The van der Waals surface area contributed by atoms with Crippen LogP contribution in [0, 0.1) is 23.3 Å². The molecule has 2 aliphatic heterocycles. The number of halogens is 4. The molecule has 0 aliphatic carbocycles. The minimum Gasteiger partial charge on any atom is -0.420 e. The van der Waals surface area contributed by atoms with Crippen molar-refractivity contribution in [3.05, 3.63) is 70.8 Å². The summed E-state index contributed by atoms with van der Waals surface area (Å²) in [7, 11) is 0. The molecule has 1 saturated heterocycles. The lowest BCUT2D eigenvalue weighted by atomic mass is 10.0. The van der Waals surface area contributed by atoms with E-state index >= 15 is 0 Å². The molecule has 3 heterocycles. The predicted molar refractivity (Wildman–Crippen MR) is 291 cm³/mol. The van der Waals surface area contributed by atoms with Gasteiger partial charge in [0.25, 0.3) is 11.8 Å². The maximum Gasteiger partial charge on any atom is 0.313 e. The van der Waals surface area contributed by atoms with E-state index in [0.29, 0.717) is 135 Å². The topological polar surface area (TPSA) is 299 Å². The van der Waals surface area contributed by atoms with Crippen molar-refractivity contribution >= 4 is 52.4 Å². The van der Waals surface area contributed by atoms with Crippen molar-refractivity contribution in [3.8, 4) is 16.9 Å². The molecule has 0 saturated carbocycles. The van der Waals surface area contributed by atoms with E-state index in [-0.39, 0.29) is 76.1 Å². The van der Waals surface area contributed by atoms with E-state index < -0.39 is 69.3 Å². The van der Waals surface area contributed by atoms with Crippen LogP contribution in [0.2, 0.25) is 0 Å². The highest BCUT2D eigenvalue weighted by Gasteiger charge is 2.39. The molecule has 3 aromatic rings. The molecule has 1 aromatic heterocycles. The highest BCUT2D eigenvalue weighted by Crippen LogP contribution is 2.33. The Morgan fingerprint density at radius 1 is 0.702 bits per heavy atom. The number of aromatic nitrogens is 2. The van der Waals surface area contributed by atoms with Gasteiger partial charge >= 0.3 is 5.97 Å². The molecule has 2 aliphatic rings. The average Bonchev–Trinajstić information content (AvgIpc) is 3.26. The normalized spacial score (nSPS) is 14.3. The summed E-state index contributed by atoms with van der Waals surface area (Å²) in [5, 5.41) is 4.17. The predicted octanol–water partition coefficient (Wildman–Crippen LogP) is 3.74. The fraction of sp³-hybridized carbons (Fsp3) is 0.574. The number of benzene rings is 2. The van der Waals surface area contributed by atoms with Crippen LogP contribution in [0.3, 0.4) is 0 Å². The Balaban J connectivity index is 0.755. The monoisotopic (exact) mass is 1220 g/mol. The number of hydrogen-bond donors (Lipinski definition) is 3. The first kappa shape index (κ1) is 68.8. The first-order chi connectivity index (χ1) is 40.7. The van der Waals surface area contributed by atoms with Crippen molar-refractivity contribution in [2.45, 2.75) is 50.5 Å². The zero-order valence-electron chi connectivity index (χ0n) is 47.0. The van der Waals surface area contributed by atoms with Gasteiger partial charge in [0.2, 0.25) is 29.1 Å². The van der Waals surface area contributed by atoms with E-state index in [1.165, 1.54) is 9.96 Å². The highest BCUT2D eigenvalue weighted by atomic mass is 32.2.